The number of hydrogen-bond donors (Lipinski definition) is 1. The van der Waals surface area contributed by atoms with Gasteiger partial charge in [0.05, 0.1) is 5.56 Å². The minimum absolute atomic E-state index is 0.00416. The molecule has 0 aromatic heterocycles. The van der Waals surface area contributed by atoms with E-state index in [2.05, 4.69) is 5.32 Å². The second kappa shape index (κ2) is 6.10. The van der Waals surface area contributed by atoms with Gasteiger partial charge in [0.2, 0.25) is 10.0 Å². The van der Waals surface area contributed by atoms with Crippen LogP contribution in [-0.4, -0.2) is 38.9 Å². The normalized spacial score (nSPS) is 19.9. The number of hydrogen-bond acceptors (Lipinski definition) is 4. The molecular weight excluding hydrogens is 298 g/mol. The number of nitrogens with zero attached hydrogens (tertiary/aromatic N) is 2. The van der Waals surface area contributed by atoms with Crippen molar-refractivity contribution in [2.75, 3.05) is 20.1 Å². The summed E-state index contributed by atoms with van der Waals surface area (Å²) in [5.74, 6) is 0. The van der Waals surface area contributed by atoms with Crippen LogP contribution < -0.4 is 5.32 Å². The first-order valence-electron chi connectivity index (χ1n) is 6.37. The number of sulfonamides is 1. The molecular formula is C13H16ClN3O2S. The van der Waals surface area contributed by atoms with Crippen LogP contribution in [0.2, 0.25) is 5.02 Å². The van der Waals surface area contributed by atoms with Gasteiger partial charge < -0.3 is 5.32 Å². The van der Waals surface area contributed by atoms with Crippen LogP contribution in [0.25, 0.3) is 0 Å². The first-order chi connectivity index (χ1) is 9.50. The van der Waals surface area contributed by atoms with Crippen molar-refractivity contribution in [3.05, 3.63) is 28.8 Å². The predicted octanol–water partition coefficient (Wildman–Crippen LogP) is 1.58. The second-order valence-corrected chi connectivity index (χ2v) is 7.02. The van der Waals surface area contributed by atoms with Gasteiger partial charge in [0.15, 0.2) is 0 Å². The van der Waals surface area contributed by atoms with Crippen molar-refractivity contribution < 1.29 is 8.42 Å². The molecule has 0 radical (unpaired) electrons. The number of nitriles is 1. The smallest absolute Gasteiger partial charge is 0.244 e. The number of rotatable bonds is 4. The third-order valence-corrected chi connectivity index (χ3v) is 5.64. The van der Waals surface area contributed by atoms with Gasteiger partial charge in [-0.05, 0) is 38.1 Å². The van der Waals surface area contributed by atoms with E-state index in [1.54, 1.807) is 7.05 Å². The first-order valence-corrected chi connectivity index (χ1v) is 8.18. The Morgan fingerprint density at radius 2 is 2.30 bits per heavy atom. The Bertz CT molecular complexity index is 640. The van der Waals surface area contributed by atoms with Crippen molar-refractivity contribution in [2.24, 2.45) is 0 Å². The van der Waals surface area contributed by atoms with E-state index in [1.165, 1.54) is 22.5 Å². The van der Waals surface area contributed by atoms with Crippen LogP contribution >= 0.6 is 11.6 Å². The molecule has 0 bridgehead atoms. The molecule has 1 aromatic carbocycles. The van der Waals surface area contributed by atoms with Crippen LogP contribution in [0.3, 0.4) is 0 Å². The van der Waals surface area contributed by atoms with Crippen molar-refractivity contribution in [3.8, 4) is 6.07 Å². The topological polar surface area (TPSA) is 73.2 Å². The quantitative estimate of drug-likeness (QED) is 0.916. The molecule has 1 aliphatic rings. The van der Waals surface area contributed by atoms with Crippen molar-refractivity contribution in [1.29, 1.82) is 5.26 Å². The number of benzene rings is 1. The van der Waals surface area contributed by atoms with Crippen molar-refractivity contribution >= 4 is 21.6 Å². The number of nitrogens with one attached hydrogen (secondary N) is 1. The maximum atomic E-state index is 12.7. The summed E-state index contributed by atoms with van der Waals surface area (Å²) in [6.07, 6.45) is 1.65. The maximum absolute atomic E-state index is 12.7. The van der Waals surface area contributed by atoms with E-state index in [9.17, 15) is 8.42 Å². The molecule has 1 aromatic rings. The average Bonchev–Trinajstić information content (AvgIpc) is 2.88. The minimum Gasteiger partial charge on any atom is -0.318 e. The second-order valence-electron chi connectivity index (χ2n) is 4.72. The van der Waals surface area contributed by atoms with Gasteiger partial charge in [-0.3, -0.25) is 0 Å². The highest BCUT2D eigenvalue weighted by molar-refractivity contribution is 7.89. The number of halogens is 1. The Morgan fingerprint density at radius 3 is 2.95 bits per heavy atom. The zero-order valence-electron chi connectivity index (χ0n) is 11.1. The minimum atomic E-state index is -3.69. The van der Waals surface area contributed by atoms with Crippen LogP contribution in [-0.2, 0) is 10.0 Å². The van der Waals surface area contributed by atoms with E-state index in [0.717, 1.165) is 12.8 Å². The van der Waals surface area contributed by atoms with Crippen LogP contribution in [0.4, 0.5) is 0 Å². The Labute approximate surface area is 124 Å². The molecule has 0 saturated carbocycles. The molecule has 5 nitrogen and oxygen atoms in total. The van der Waals surface area contributed by atoms with Crippen molar-refractivity contribution in [2.45, 2.75) is 23.8 Å². The molecule has 1 unspecified atom stereocenters. The highest BCUT2D eigenvalue weighted by Gasteiger charge is 2.36. The van der Waals surface area contributed by atoms with E-state index < -0.39 is 10.0 Å². The summed E-state index contributed by atoms with van der Waals surface area (Å²) in [6, 6.07) is 6.16. The van der Waals surface area contributed by atoms with Gasteiger partial charge in [-0.15, -0.1) is 0 Å². The van der Waals surface area contributed by atoms with E-state index in [0.29, 0.717) is 18.1 Å². The Balaban J connectivity index is 2.45. The lowest BCUT2D eigenvalue weighted by molar-refractivity contribution is 0.379. The highest BCUT2D eigenvalue weighted by atomic mass is 35.5. The summed E-state index contributed by atoms with van der Waals surface area (Å²) in [4.78, 5) is -0.00416. The van der Waals surface area contributed by atoms with E-state index in [-0.39, 0.29) is 16.5 Å². The molecule has 0 spiro atoms. The van der Waals surface area contributed by atoms with Crippen molar-refractivity contribution in [3.63, 3.8) is 0 Å². The van der Waals surface area contributed by atoms with Gasteiger partial charge in [-0.2, -0.15) is 9.57 Å². The molecule has 0 amide bonds. The van der Waals surface area contributed by atoms with E-state index in [1.807, 2.05) is 6.07 Å². The monoisotopic (exact) mass is 313 g/mol. The van der Waals surface area contributed by atoms with Gasteiger partial charge in [-0.25, -0.2) is 8.42 Å². The van der Waals surface area contributed by atoms with Crippen LogP contribution in [0.1, 0.15) is 18.4 Å². The number of likely N-dealkylation sites (N-methyl/N-ethyl adjacent to an activating group) is 1. The molecule has 20 heavy (non-hydrogen) atoms. The van der Waals surface area contributed by atoms with Crippen LogP contribution in [0, 0.1) is 11.3 Å². The fourth-order valence-electron chi connectivity index (χ4n) is 2.49. The largest absolute Gasteiger partial charge is 0.318 e. The molecule has 1 fully saturated rings. The lowest BCUT2D eigenvalue weighted by atomic mass is 10.2. The highest BCUT2D eigenvalue weighted by Crippen LogP contribution is 2.29. The zero-order chi connectivity index (χ0) is 14.8. The third kappa shape index (κ3) is 2.81. The Hall–Kier alpha value is -1.13. The maximum Gasteiger partial charge on any atom is 0.244 e. The summed E-state index contributed by atoms with van der Waals surface area (Å²) in [7, 11) is -1.89. The van der Waals surface area contributed by atoms with Crippen LogP contribution in [0.15, 0.2) is 23.1 Å². The van der Waals surface area contributed by atoms with Gasteiger partial charge in [0.1, 0.15) is 11.0 Å². The third-order valence-electron chi connectivity index (χ3n) is 3.41. The SMILES string of the molecule is CNCC1CCCN1S(=O)(=O)c1cc(Cl)ccc1C#N. The lowest BCUT2D eigenvalue weighted by Gasteiger charge is -2.24. The summed E-state index contributed by atoms with van der Waals surface area (Å²) in [6.45, 7) is 1.08. The van der Waals surface area contributed by atoms with E-state index >= 15 is 0 Å². The Kier molecular flexibility index (Phi) is 4.66. The molecule has 1 N–H and O–H groups in total. The van der Waals surface area contributed by atoms with Gasteiger partial charge in [0, 0.05) is 24.2 Å². The summed E-state index contributed by atoms with van der Waals surface area (Å²) < 4.78 is 26.9. The summed E-state index contributed by atoms with van der Waals surface area (Å²) >= 11 is 5.88. The molecule has 0 aliphatic carbocycles. The first kappa shape index (κ1) is 15.3. The fourth-order valence-corrected chi connectivity index (χ4v) is 4.59. The fraction of sp³-hybridized carbons (Fsp3) is 0.462. The molecule has 1 atom stereocenters. The Morgan fingerprint density at radius 1 is 1.55 bits per heavy atom. The molecule has 1 saturated heterocycles. The molecule has 1 heterocycles. The molecule has 1 aliphatic heterocycles. The summed E-state index contributed by atoms with van der Waals surface area (Å²) in [5.41, 5.74) is 0.129. The van der Waals surface area contributed by atoms with Crippen molar-refractivity contribution in [1.82, 2.24) is 9.62 Å². The van der Waals surface area contributed by atoms with Gasteiger partial charge >= 0.3 is 0 Å². The molecule has 2 rings (SSSR count). The molecule has 108 valence electrons. The zero-order valence-corrected chi connectivity index (χ0v) is 12.7. The lowest BCUT2D eigenvalue weighted by Crippen LogP contribution is -2.41. The van der Waals surface area contributed by atoms with E-state index in [4.69, 9.17) is 16.9 Å². The van der Waals surface area contributed by atoms with Gasteiger partial charge in [0.25, 0.3) is 0 Å². The standard InChI is InChI=1S/C13H16ClN3O2S/c1-16-9-12-3-2-6-17(12)20(18,19)13-7-11(14)5-4-10(13)8-15/h4-5,7,12,16H,2-3,6,9H2,1H3. The summed E-state index contributed by atoms with van der Waals surface area (Å²) in [5, 5.41) is 12.4. The van der Waals surface area contributed by atoms with Gasteiger partial charge in [-0.1, -0.05) is 11.6 Å². The predicted molar refractivity (Wildman–Crippen MR) is 77.0 cm³/mol. The average molecular weight is 314 g/mol. The van der Waals surface area contributed by atoms with Crippen LogP contribution in [0.5, 0.6) is 0 Å². The molecule has 7 heteroatoms.